The Morgan fingerprint density at radius 3 is 2.76 bits per heavy atom. The molecule has 1 heterocycles. The zero-order valence-electron chi connectivity index (χ0n) is 10.2. The predicted octanol–water partition coefficient (Wildman–Crippen LogP) is 2.83. The van der Waals surface area contributed by atoms with Crippen LogP contribution < -0.4 is 0 Å². The van der Waals surface area contributed by atoms with Gasteiger partial charge in [-0.3, -0.25) is 4.79 Å². The van der Waals surface area contributed by atoms with Crippen molar-refractivity contribution in [1.82, 2.24) is 4.57 Å². The molecule has 1 atom stereocenters. The molecule has 0 saturated heterocycles. The zero-order chi connectivity index (χ0) is 12.4. The summed E-state index contributed by atoms with van der Waals surface area (Å²) in [4.78, 5) is 10.8. The van der Waals surface area contributed by atoms with Crippen LogP contribution in [0.3, 0.4) is 0 Å². The van der Waals surface area contributed by atoms with Crippen LogP contribution in [0.5, 0.6) is 0 Å². The fraction of sp³-hybridized carbons (Fsp3) is 0.357. The molecule has 0 radical (unpaired) electrons. The summed E-state index contributed by atoms with van der Waals surface area (Å²) in [6, 6.07) is 10.3. The maximum Gasteiger partial charge on any atom is 0.306 e. The Hall–Kier alpha value is -1.77. The third-order valence-corrected chi connectivity index (χ3v) is 3.31. The molecule has 0 fully saturated rings. The summed E-state index contributed by atoms with van der Waals surface area (Å²) in [5, 5.41) is 10.1. The molecular weight excluding hydrogens is 214 g/mol. The molecule has 0 aliphatic rings. The van der Waals surface area contributed by atoms with Crippen molar-refractivity contribution in [2.45, 2.75) is 19.8 Å². The van der Waals surface area contributed by atoms with Gasteiger partial charge in [0.15, 0.2) is 0 Å². The standard InChI is InChI=1S/C14H17NO2/c1-10(14(16)17)7-8-12-9-11-5-3-4-6-13(11)15(12)2/h3-6,9-10H,7-8H2,1-2H3,(H,16,17). The van der Waals surface area contributed by atoms with Crippen molar-refractivity contribution >= 4 is 16.9 Å². The monoisotopic (exact) mass is 231 g/mol. The Balaban J connectivity index is 2.19. The number of carbonyl (C=O) groups is 1. The van der Waals surface area contributed by atoms with Crippen molar-refractivity contribution in [3.63, 3.8) is 0 Å². The van der Waals surface area contributed by atoms with Gasteiger partial charge in [0.25, 0.3) is 0 Å². The van der Waals surface area contributed by atoms with E-state index in [1.165, 1.54) is 16.6 Å². The lowest BCUT2D eigenvalue weighted by Crippen LogP contribution is -2.11. The first-order valence-corrected chi connectivity index (χ1v) is 5.85. The molecule has 2 aromatic rings. The highest BCUT2D eigenvalue weighted by Gasteiger charge is 2.12. The maximum absolute atomic E-state index is 10.8. The normalized spacial score (nSPS) is 12.8. The van der Waals surface area contributed by atoms with Gasteiger partial charge in [-0.1, -0.05) is 25.1 Å². The van der Waals surface area contributed by atoms with Crippen LogP contribution in [-0.4, -0.2) is 15.6 Å². The van der Waals surface area contributed by atoms with Crippen LogP contribution in [0.1, 0.15) is 19.0 Å². The average Bonchev–Trinajstić information content (AvgIpc) is 2.64. The molecule has 1 aromatic carbocycles. The van der Waals surface area contributed by atoms with E-state index in [2.05, 4.69) is 22.8 Å². The highest BCUT2D eigenvalue weighted by Crippen LogP contribution is 2.20. The fourth-order valence-electron chi connectivity index (χ4n) is 2.07. The Morgan fingerprint density at radius 1 is 1.41 bits per heavy atom. The van der Waals surface area contributed by atoms with E-state index in [0.717, 1.165) is 6.42 Å². The smallest absolute Gasteiger partial charge is 0.306 e. The van der Waals surface area contributed by atoms with Gasteiger partial charge >= 0.3 is 5.97 Å². The van der Waals surface area contributed by atoms with Gasteiger partial charge in [0.2, 0.25) is 0 Å². The van der Waals surface area contributed by atoms with E-state index in [1.807, 2.05) is 19.2 Å². The minimum Gasteiger partial charge on any atom is -0.481 e. The van der Waals surface area contributed by atoms with Crippen LogP contribution in [-0.2, 0) is 18.3 Å². The van der Waals surface area contributed by atoms with Gasteiger partial charge in [-0.15, -0.1) is 0 Å². The quantitative estimate of drug-likeness (QED) is 0.879. The Bertz CT molecular complexity index is 542. The molecule has 0 aliphatic carbocycles. The molecule has 3 nitrogen and oxygen atoms in total. The minimum absolute atomic E-state index is 0.284. The number of benzene rings is 1. The number of nitrogens with zero attached hydrogens (tertiary/aromatic N) is 1. The van der Waals surface area contributed by atoms with Crippen LogP contribution in [0.2, 0.25) is 0 Å². The molecular formula is C14H17NO2. The summed E-state index contributed by atoms with van der Waals surface area (Å²) in [6.07, 6.45) is 1.48. The van der Waals surface area contributed by atoms with E-state index in [0.29, 0.717) is 6.42 Å². The molecule has 0 amide bonds. The molecule has 17 heavy (non-hydrogen) atoms. The molecule has 90 valence electrons. The highest BCUT2D eigenvalue weighted by molar-refractivity contribution is 5.81. The summed E-state index contributed by atoms with van der Waals surface area (Å²) < 4.78 is 2.14. The summed E-state index contributed by atoms with van der Waals surface area (Å²) >= 11 is 0. The third kappa shape index (κ3) is 2.33. The maximum atomic E-state index is 10.8. The first kappa shape index (κ1) is 11.7. The van der Waals surface area contributed by atoms with Gasteiger partial charge in [-0.25, -0.2) is 0 Å². The Kier molecular flexibility index (Phi) is 3.18. The lowest BCUT2D eigenvalue weighted by molar-refractivity contribution is -0.141. The lowest BCUT2D eigenvalue weighted by Gasteiger charge is -2.07. The van der Waals surface area contributed by atoms with Gasteiger partial charge in [-0.2, -0.15) is 0 Å². The summed E-state index contributed by atoms with van der Waals surface area (Å²) in [6.45, 7) is 1.75. The van der Waals surface area contributed by atoms with Gasteiger partial charge in [0.1, 0.15) is 0 Å². The molecule has 0 aliphatic heterocycles. The predicted molar refractivity (Wildman–Crippen MR) is 68.0 cm³/mol. The third-order valence-electron chi connectivity index (χ3n) is 3.31. The number of rotatable bonds is 4. The molecule has 0 saturated carbocycles. The molecule has 2 rings (SSSR count). The van der Waals surface area contributed by atoms with Gasteiger partial charge in [-0.05, 0) is 30.4 Å². The largest absolute Gasteiger partial charge is 0.481 e. The number of hydrogen-bond donors (Lipinski definition) is 1. The van der Waals surface area contributed by atoms with E-state index < -0.39 is 5.97 Å². The van der Waals surface area contributed by atoms with Crippen LogP contribution in [0.25, 0.3) is 10.9 Å². The average molecular weight is 231 g/mol. The molecule has 1 unspecified atom stereocenters. The van der Waals surface area contributed by atoms with Crippen molar-refractivity contribution in [1.29, 1.82) is 0 Å². The van der Waals surface area contributed by atoms with Crippen molar-refractivity contribution in [3.8, 4) is 0 Å². The SMILES string of the molecule is CC(CCc1cc2ccccc2n1C)C(=O)O. The van der Waals surface area contributed by atoms with Crippen molar-refractivity contribution in [2.24, 2.45) is 13.0 Å². The zero-order valence-corrected chi connectivity index (χ0v) is 10.2. The first-order valence-electron chi connectivity index (χ1n) is 5.85. The second-order valence-corrected chi connectivity index (χ2v) is 4.53. The topological polar surface area (TPSA) is 42.2 Å². The summed E-state index contributed by atoms with van der Waals surface area (Å²) in [5.41, 5.74) is 2.39. The molecule has 0 spiro atoms. The first-order chi connectivity index (χ1) is 8.09. The second-order valence-electron chi connectivity index (χ2n) is 4.53. The fourth-order valence-corrected chi connectivity index (χ4v) is 2.07. The Labute approximate surface area is 101 Å². The number of hydrogen-bond acceptors (Lipinski definition) is 1. The van der Waals surface area contributed by atoms with E-state index in [4.69, 9.17) is 5.11 Å². The number of fused-ring (bicyclic) bond motifs is 1. The number of aromatic nitrogens is 1. The Morgan fingerprint density at radius 2 is 2.12 bits per heavy atom. The van der Waals surface area contributed by atoms with Gasteiger partial charge < -0.3 is 9.67 Å². The van der Waals surface area contributed by atoms with Crippen molar-refractivity contribution < 1.29 is 9.90 Å². The van der Waals surface area contributed by atoms with Crippen LogP contribution >= 0.6 is 0 Å². The summed E-state index contributed by atoms with van der Waals surface area (Å²) in [7, 11) is 2.03. The highest BCUT2D eigenvalue weighted by atomic mass is 16.4. The number of carboxylic acids is 1. The van der Waals surface area contributed by atoms with Gasteiger partial charge in [0.05, 0.1) is 5.92 Å². The van der Waals surface area contributed by atoms with E-state index in [1.54, 1.807) is 6.92 Å². The van der Waals surface area contributed by atoms with E-state index in [9.17, 15) is 4.79 Å². The molecule has 0 bridgehead atoms. The van der Waals surface area contributed by atoms with Crippen LogP contribution in [0.4, 0.5) is 0 Å². The van der Waals surface area contributed by atoms with Crippen LogP contribution in [0.15, 0.2) is 30.3 Å². The lowest BCUT2D eigenvalue weighted by atomic mass is 10.0. The summed E-state index contributed by atoms with van der Waals surface area (Å²) in [5.74, 6) is -1.00. The van der Waals surface area contributed by atoms with E-state index in [-0.39, 0.29) is 5.92 Å². The van der Waals surface area contributed by atoms with E-state index >= 15 is 0 Å². The number of para-hydroxylation sites is 1. The van der Waals surface area contributed by atoms with Crippen molar-refractivity contribution in [3.05, 3.63) is 36.0 Å². The minimum atomic E-state index is -0.719. The number of aliphatic carboxylic acids is 1. The molecule has 3 heteroatoms. The van der Waals surface area contributed by atoms with Gasteiger partial charge in [0, 0.05) is 18.3 Å². The van der Waals surface area contributed by atoms with Crippen LogP contribution in [0, 0.1) is 5.92 Å². The molecule has 1 aromatic heterocycles. The number of carboxylic acid groups (broad SMARTS) is 1. The molecule has 1 N–H and O–H groups in total. The van der Waals surface area contributed by atoms with Crippen molar-refractivity contribution in [2.75, 3.05) is 0 Å². The second kappa shape index (κ2) is 4.62. The number of aryl methyl sites for hydroxylation is 2.